The number of anilines is 2. The molecule has 1 saturated heterocycles. The minimum absolute atomic E-state index is 0.119. The molecule has 4 nitrogen and oxygen atoms in total. The van der Waals surface area contributed by atoms with Crippen molar-refractivity contribution in [2.24, 2.45) is 5.92 Å². The van der Waals surface area contributed by atoms with Crippen LogP contribution in [-0.4, -0.2) is 35.4 Å². The van der Waals surface area contributed by atoms with Crippen LogP contribution in [0.15, 0.2) is 42.6 Å². The Morgan fingerprint density at radius 1 is 1.17 bits per heavy atom. The van der Waals surface area contributed by atoms with Crippen LogP contribution in [0.5, 0.6) is 0 Å². The van der Waals surface area contributed by atoms with Crippen molar-refractivity contribution in [1.82, 2.24) is 9.88 Å². The molecule has 0 saturated carbocycles. The summed E-state index contributed by atoms with van der Waals surface area (Å²) in [6, 6.07) is 12.2. The number of nitrogens with zero attached hydrogens (tertiary/aromatic N) is 3. The topological polar surface area (TPSA) is 36.4 Å². The summed E-state index contributed by atoms with van der Waals surface area (Å²) >= 11 is 0. The molecule has 2 aliphatic rings. The average molecular weight is 321 g/mol. The number of carbonyl (C=O) groups is 1. The van der Waals surface area contributed by atoms with Gasteiger partial charge in [-0.2, -0.15) is 0 Å². The standard InChI is InChI=1S/C20H23N3O/c1-15-6-5-12-22(14-15)20(24)17-8-4-11-21-19(17)23-13-10-16-7-2-3-9-18(16)23/h2-4,7-9,11,15H,5-6,10,12-14H2,1H3. The van der Waals surface area contributed by atoms with Gasteiger partial charge in [-0.3, -0.25) is 4.79 Å². The fraction of sp³-hybridized carbons (Fsp3) is 0.400. The highest BCUT2D eigenvalue weighted by molar-refractivity contribution is 6.00. The first-order chi connectivity index (χ1) is 11.7. The second kappa shape index (κ2) is 6.27. The maximum Gasteiger partial charge on any atom is 0.257 e. The minimum atomic E-state index is 0.119. The van der Waals surface area contributed by atoms with Gasteiger partial charge < -0.3 is 9.80 Å². The van der Waals surface area contributed by atoms with Crippen molar-refractivity contribution in [2.75, 3.05) is 24.5 Å². The molecule has 124 valence electrons. The Kier molecular flexibility index (Phi) is 3.97. The van der Waals surface area contributed by atoms with Gasteiger partial charge in [-0.05, 0) is 48.9 Å². The Bertz CT molecular complexity index is 758. The number of hydrogen-bond donors (Lipinski definition) is 0. The fourth-order valence-corrected chi connectivity index (χ4v) is 3.88. The molecule has 0 bridgehead atoms. The van der Waals surface area contributed by atoms with Gasteiger partial charge in [0, 0.05) is 31.5 Å². The maximum absolute atomic E-state index is 13.1. The van der Waals surface area contributed by atoms with Crippen LogP contribution in [0, 0.1) is 5.92 Å². The van der Waals surface area contributed by atoms with Gasteiger partial charge in [0.15, 0.2) is 0 Å². The van der Waals surface area contributed by atoms with Crippen LogP contribution in [0.4, 0.5) is 11.5 Å². The van der Waals surface area contributed by atoms with Gasteiger partial charge in [-0.15, -0.1) is 0 Å². The Morgan fingerprint density at radius 3 is 2.92 bits per heavy atom. The normalized spacial score (nSPS) is 20.1. The maximum atomic E-state index is 13.1. The van der Waals surface area contributed by atoms with E-state index in [0.29, 0.717) is 5.92 Å². The van der Waals surface area contributed by atoms with E-state index >= 15 is 0 Å². The summed E-state index contributed by atoms with van der Waals surface area (Å²) in [5.41, 5.74) is 3.23. The van der Waals surface area contributed by atoms with Crippen molar-refractivity contribution >= 4 is 17.4 Å². The zero-order chi connectivity index (χ0) is 16.5. The molecule has 4 rings (SSSR count). The molecule has 24 heavy (non-hydrogen) atoms. The largest absolute Gasteiger partial charge is 0.338 e. The van der Waals surface area contributed by atoms with Gasteiger partial charge in [0.25, 0.3) is 5.91 Å². The van der Waals surface area contributed by atoms with Gasteiger partial charge in [0.2, 0.25) is 0 Å². The lowest BCUT2D eigenvalue weighted by Crippen LogP contribution is -2.39. The highest BCUT2D eigenvalue weighted by Gasteiger charge is 2.28. The monoisotopic (exact) mass is 321 g/mol. The molecule has 1 aromatic heterocycles. The van der Waals surface area contributed by atoms with Crippen LogP contribution in [0.3, 0.4) is 0 Å². The molecule has 3 heterocycles. The number of hydrogen-bond acceptors (Lipinski definition) is 3. The van der Waals surface area contributed by atoms with Crippen molar-refractivity contribution < 1.29 is 4.79 Å². The van der Waals surface area contributed by atoms with Crippen LogP contribution in [-0.2, 0) is 6.42 Å². The summed E-state index contributed by atoms with van der Waals surface area (Å²) in [7, 11) is 0. The van der Waals surface area contributed by atoms with Gasteiger partial charge in [-0.25, -0.2) is 4.98 Å². The van der Waals surface area contributed by atoms with E-state index in [4.69, 9.17) is 0 Å². The predicted octanol–water partition coefficient (Wildman–Crippen LogP) is 3.65. The lowest BCUT2D eigenvalue weighted by molar-refractivity contribution is 0.0683. The quantitative estimate of drug-likeness (QED) is 0.847. The van der Waals surface area contributed by atoms with Crippen molar-refractivity contribution in [3.8, 4) is 0 Å². The summed E-state index contributed by atoms with van der Waals surface area (Å²) in [5.74, 6) is 1.50. The third-order valence-electron chi connectivity index (χ3n) is 5.10. The number of likely N-dealkylation sites (tertiary alicyclic amines) is 1. The number of benzene rings is 1. The lowest BCUT2D eigenvalue weighted by Gasteiger charge is -2.32. The molecule has 4 heteroatoms. The highest BCUT2D eigenvalue weighted by Crippen LogP contribution is 2.35. The number of carbonyl (C=O) groups excluding carboxylic acids is 1. The number of rotatable bonds is 2. The van der Waals surface area contributed by atoms with Crippen LogP contribution < -0.4 is 4.90 Å². The zero-order valence-electron chi connectivity index (χ0n) is 14.1. The first-order valence-electron chi connectivity index (χ1n) is 8.84. The second-order valence-electron chi connectivity index (χ2n) is 6.90. The number of fused-ring (bicyclic) bond motifs is 1. The number of para-hydroxylation sites is 1. The van der Waals surface area contributed by atoms with Gasteiger partial charge >= 0.3 is 0 Å². The molecule has 0 aliphatic carbocycles. The SMILES string of the molecule is CC1CCCN(C(=O)c2cccnc2N2CCc3ccccc32)C1. The van der Waals surface area contributed by atoms with Gasteiger partial charge in [0.1, 0.15) is 5.82 Å². The molecule has 1 fully saturated rings. The van der Waals surface area contributed by atoms with Crippen LogP contribution in [0.2, 0.25) is 0 Å². The van der Waals surface area contributed by atoms with E-state index in [0.717, 1.165) is 43.9 Å². The summed E-state index contributed by atoms with van der Waals surface area (Å²) in [5, 5.41) is 0. The Morgan fingerprint density at radius 2 is 2.04 bits per heavy atom. The highest BCUT2D eigenvalue weighted by atomic mass is 16.2. The lowest BCUT2D eigenvalue weighted by atomic mass is 9.99. The average Bonchev–Trinajstić information content (AvgIpc) is 3.05. The van der Waals surface area contributed by atoms with Crippen molar-refractivity contribution in [2.45, 2.75) is 26.2 Å². The molecule has 1 atom stereocenters. The van der Waals surface area contributed by atoms with Crippen molar-refractivity contribution in [3.63, 3.8) is 0 Å². The van der Waals surface area contributed by atoms with Crippen molar-refractivity contribution in [1.29, 1.82) is 0 Å². The Hall–Kier alpha value is -2.36. The summed E-state index contributed by atoms with van der Waals surface area (Å²) in [6.45, 7) is 4.81. The molecule has 1 amide bonds. The molecule has 1 unspecified atom stereocenters. The third kappa shape index (κ3) is 2.66. The van der Waals surface area contributed by atoms with E-state index in [1.54, 1.807) is 6.20 Å². The summed E-state index contributed by atoms with van der Waals surface area (Å²) in [4.78, 5) is 21.9. The van der Waals surface area contributed by atoms with E-state index in [9.17, 15) is 4.79 Å². The van der Waals surface area contributed by atoms with Crippen LogP contribution in [0.25, 0.3) is 0 Å². The van der Waals surface area contributed by atoms with E-state index in [1.807, 2.05) is 23.1 Å². The third-order valence-corrected chi connectivity index (χ3v) is 5.10. The molecular weight excluding hydrogens is 298 g/mol. The molecule has 0 radical (unpaired) electrons. The minimum Gasteiger partial charge on any atom is -0.338 e. The number of amides is 1. The molecule has 0 spiro atoms. The van der Waals surface area contributed by atoms with E-state index < -0.39 is 0 Å². The second-order valence-corrected chi connectivity index (χ2v) is 6.90. The number of pyridine rings is 1. The van der Waals surface area contributed by atoms with E-state index in [1.165, 1.54) is 17.7 Å². The molecule has 2 aliphatic heterocycles. The Labute approximate surface area is 143 Å². The number of piperidine rings is 1. The molecule has 1 aromatic carbocycles. The first-order valence-corrected chi connectivity index (χ1v) is 8.84. The van der Waals surface area contributed by atoms with Crippen LogP contribution in [0.1, 0.15) is 35.7 Å². The fourth-order valence-electron chi connectivity index (χ4n) is 3.88. The van der Waals surface area contributed by atoms with Crippen molar-refractivity contribution in [3.05, 3.63) is 53.7 Å². The molecular formula is C20H23N3O. The first kappa shape index (κ1) is 15.2. The van der Waals surface area contributed by atoms with Crippen LogP contribution >= 0.6 is 0 Å². The zero-order valence-corrected chi connectivity index (χ0v) is 14.1. The van der Waals surface area contributed by atoms with E-state index in [2.05, 4.69) is 35.0 Å². The molecule has 0 N–H and O–H groups in total. The van der Waals surface area contributed by atoms with E-state index in [-0.39, 0.29) is 5.91 Å². The van der Waals surface area contributed by atoms with Gasteiger partial charge in [0.05, 0.1) is 5.56 Å². The number of aromatic nitrogens is 1. The summed E-state index contributed by atoms with van der Waals surface area (Å²) < 4.78 is 0. The predicted molar refractivity (Wildman–Crippen MR) is 95.7 cm³/mol. The molecule has 2 aromatic rings. The summed E-state index contributed by atoms with van der Waals surface area (Å²) in [6.07, 6.45) is 5.09. The van der Waals surface area contributed by atoms with Gasteiger partial charge in [-0.1, -0.05) is 25.1 Å². The Balaban J connectivity index is 1.68. The smallest absolute Gasteiger partial charge is 0.257 e.